The van der Waals surface area contributed by atoms with Crippen molar-refractivity contribution in [3.63, 3.8) is 0 Å². The number of rotatable bonds is 8. The van der Waals surface area contributed by atoms with Gasteiger partial charge in [-0.05, 0) is 39.9 Å². The average Bonchev–Trinajstić information content (AvgIpc) is 2.83. The van der Waals surface area contributed by atoms with Gasteiger partial charge in [0.2, 0.25) is 5.91 Å². The maximum atomic E-state index is 12.1. The molecule has 0 spiro atoms. The van der Waals surface area contributed by atoms with Gasteiger partial charge in [0.1, 0.15) is 0 Å². The summed E-state index contributed by atoms with van der Waals surface area (Å²) in [6.45, 7) is 5.80. The minimum atomic E-state index is -0.330. The van der Waals surface area contributed by atoms with Crippen molar-refractivity contribution in [2.24, 2.45) is 0 Å². The third-order valence-corrected chi connectivity index (χ3v) is 3.50. The summed E-state index contributed by atoms with van der Waals surface area (Å²) in [6, 6.07) is 0. The number of likely N-dealkylation sites (N-methyl/N-ethyl adjacent to an activating group) is 1. The lowest BCUT2D eigenvalue weighted by atomic mass is 9.93. The van der Waals surface area contributed by atoms with Crippen molar-refractivity contribution in [3.8, 4) is 0 Å². The van der Waals surface area contributed by atoms with Crippen molar-refractivity contribution in [2.75, 3.05) is 46.9 Å². The number of nitrogens with zero attached hydrogens (tertiary/aromatic N) is 1. The Morgan fingerprint density at radius 2 is 2.16 bits per heavy atom. The second-order valence-corrected chi connectivity index (χ2v) is 5.14. The predicted octanol–water partition coefficient (Wildman–Crippen LogP) is 0.635. The van der Waals surface area contributed by atoms with Crippen LogP contribution in [0.3, 0.4) is 0 Å². The maximum absolute atomic E-state index is 12.1. The van der Waals surface area contributed by atoms with Gasteiger partial charge >= 0.3 is 0 Å². The third kappa shape index (κ3) is 6.08. The summed E-state index contributed by atoms with van der Waals surface area (Å²) in [5.74, 6) is 0.124. The van der Waals surface area contributed by atoms with E-state index in [9.17, 15) is 4.79 Å². The van der Waals surface area contributed by atoms with Gasteiger partial charge in [-0.1, -0.05) is 6.92 Å². The SMILES string of the molecule is CCC1(C(=O)NCCOCCN(C)C)CCCN1.Cl. The Morgan fingerprint density at radius 1 is 1.42 bits per heavy atom. The smallest absolute Gasteiger partial charge is 0.240 e. The van der Waals surface area contributed by atoms with Gasteiger partial charge in [-0.2, -0.15) is 0 Å². The molecule has 114 valence electrons. The topological polar surface area (TPSA) is 53.6 Å². The standard InChI is InChI=1S/C13H27N3O2.ClH/c1-4-13(6-5-7-15-13)12(17)14-8-10-18-11-9-16(2)3;/h15H,4-11H2,1-3H3,(H,14,17);1H. The molecule has 1 rings (SSSR count). The molecular formula is C13H28ClN3O2. The van der Waals surface area contributed by atoms with E-state index >= 15 is 0 Å². The highest BCUT2D eigenvalue weighted by atomic mass is 35.5. The van der Waals surface area contributed by atoms with Crippen LogP contribution in [0.15, 0.2) is 0 Å². The summed E-state index contributed by atoms with van der Waals surface area (Å²) in [4.78, 5) is 14.2. The summed E-state index contributed by atoms with van der Waals surface area (Å²) < 4.78 is 5.45. The summed E-state index contributed by atoms with van der Waals surface area (Å²) in [5.41, 5.74) is -0.330. The Labute approximate surface area is 122 Å². The molecule has 0 bridgehead atoms. The largest absolute Gasteiger partial charge is 0.378 e. The fourth-order valence-electron chi connectivity index (χ4n) is 2.22. The zero-order chi connectivity index (χ0) is 13.4. The van der Waals surface area contributed by atoms with Gasteiger partial charge in [0.05, 0.1) is 18.8 Å². The predicted molar refractivity (Wildman–Crippen MR) is 79.9 cm³/mol. The molecule has 1 heterocycles. The third-order valence-electron chi connectivity index (χ3n) is 3.50. The highest BCUT2D eigenvalue weighted by Gasteiger charge is 2.38. The van der Waals surface area contributed by atoms with Crippen LogP contribution < -0.4 is 10.6 Å². The monoisotopic (exact) mass is 293 g/mol. The van der Waals surface area contributed by atoms with E-state index < -0.39 is 0 Å². The fraction of sp³-hybridized carbons (Fsp3) is 0.923. The van der Waals surface area contributed by atoms with Crippen LogP contribution in [0.1, 0.15) is 26.2 Å². The maximum Gasteiger partial charge on any atom is 0.240 e. The van der Waals surface area contributed by atoms with Crippen molar-refractivity contribution >= 4 is 18.3 Å². The molecule has 1 aliphatic heterocycles. The van der Waals surface area contributed by atoms with Gasteiger partial charge in [0, 0.05) is 13.1 Å². The molecule has 1 atom stereocenters. The number of ether oxygens (including phenoxy) is 1. The van der Waals surface area contributed by atoms with E-state index in [1.807, 2.05) is 14.1 Å². The molecule has 0 aromatic carbocycles. The molecule has 2 N–H and O–H groups in total. The van der Waals surface area contributed by atoms with E-state index in [1.165, 1.54) is 0 Å². The van der Waals surface area contributed by atoms with Crippen molar-refractivity contribution in [1.29, 1.82) is 0 Å². The zero-order valence-corrected chi connectivity index (χ0v) is 13.1. The van der Waals surface area contributed by atoms with Gasteiger partial charge in [-0.15, -0.1) is 12.4 Å². The first-order valence-corrected chi connectivity index (χ1v) is 6.86. The highest BCUT2D eigenvalue weighted by Crippen LogP contribution is 2.22. The minimum absolute atomic E-state index is 0. The first-order chi connectivity index (χ1) is 8.60. The molecule has 0 aliphatic carbocycles. The number of carbonyl (C=O) groups is 1. The van der Waals surface area contributed by atoms with Crippen LogP contribution in [0, 0.1) is 0 Å². The molecule has 0 aromatic heterocycles. The number of halogens is 1. The first kappa shape index (κ1) is 18.6. The van der Waals surface area contributed by atoms with Crippen molar-refractivity contribution in [2.45, 2.75) is 31.7 Å². The van der Waals surface area contributed by atoms with E-state index in [1.54, 1.807) is 0 Å². The van der Waals surface area contributed by atoms with Crippen LogP contribution in [0.4, 0.5) is 0 Å². The Kier molecular flexibility index (Phi) is 9.35. The molecule has 0 radical (unpaired) electrons. The molecule has 0 aromatic rings. The molecule has 1 fully saturated rings. The first-order valence-electron chi connectivity index (χ1n) is 6.86. The Morgan fingerprint density at radius 3 is 2.68 bits per heavy atom. The molecule has 6 heteroatoms. The fourth-order valence-corrected chi connectivity index (χ4v) is 2.22. The quantitative estimate of drug-likeness (QED) is 0.645. The van der Waals surface area contributed by atoms with Crippen molar-refractivity contribution in [1.82, 2.24) is 15.5 Å². The van der Waals surface area contributed by atoms with Gasteiger partial charge in [-0.3, -0.25) is 4.79 Å². The van der Waals surface area contributed by atoms with Crippen LogP contribution in [-0.4, -0.2) is 63.3 Å². The van der Waals surface area contributed by atoms with E-state index in [-0.39, 0.29) is 23.9 Å². The Balaban J connectivity index is 0.00000324. The van der Waals surface area contributed by atoms with Gasteiger partial charge in [0.15, 0.2) is 0 Å². The van der Waals surface area contributed by atoms with Crippen LogP contribution in [0.25, 0.3) is 0 Å². The summed E-state index contributed by atoms with van der Waals surface area (Å²) >= 11 is 0. The van der Waals surface area contributed by atoms with E-state index in [0.717, 1.165) is 32.4 Å². The normalized spacial score (nSPS) is 22.3. The summed E-state index contributed by atoms with van der Waals surface area (Å²) in [5, 5.41) is 6.29. The number of nitrogens with one attached hydrogen (secondary N) is 2. The summed E-state index contributed by atoms with van der Waals surface area (Å²) in [7, 11) is 4.03. The van der Waals surface area contributed by atoms with E-state index in [0.29, 0.717) is 19.8 Å². The van der Waals surface area contributed by atoms with Crippen molar-refractivity contribution in [3.05, 3.63) is 0 Å². The Hall–Kier alpha value is -0.360. The molecule has 0 saturated carbocycles. The van der Waals surface area contributed by atoms with Gasteiger partial charge in [-0.25, -0.2) is 0 Å². The lowest BCUT2D eigenvalue weighted by Gasteiger charge is -2.26. The number of amides is 1. The minimum Gasteiger partial charge on any atom is -0.378 e. The van der Waals surface area contributed by atoms with Crippen LogP contribution in [-0.2, 0) is 9.53 Å². The number of carbonyl (C=O) groups excluding carboxylic acids is 1. The molecule has 1 unspecified atom stereocenters. The highest BCUT2D eigenvalue weighted by molar-refractivity contribution is 5.86. The van der Waals surface area contributed by atoms with E-state index in [2.05, 4.69) is 22.5 Å². The average molecular weight is 294 g/mol. The molecule has 5 nitrogen and oxygen atoms in total. The molecular weight excluding hydrogens is 266 g/mol. The second-order valence-electron chi connectivity index (χ2n) is 5.14. The molecule has 19 heavy (non-hydrogen) atoms. The van der Waals surface area contributed by atoms with Crippen LogP contribution in [0.5, 0.6) is 0 Å². The second kappa shape index (κ2) is 9.53. The number of hydrogen-bond donors (Lipinski definition) is 2. The van der Waals surface area contributed by atoms with Crippen LogP contribution in [0.2, 0.25) is 0 Å². The molecule has 1 aliphatic rings. The van der Waals surface area contributed by atoms with E-state index in [4.69, 9.17) is 4.74 Å². The lowest BCUT2D eigenvalue weighted by Crippen LogP contribution is -2.53. The molecule has 1 saturated heterocycles. The summed E-state index contributed by atoms with van der Waals surface area (Å²) in [6.07, 6.45) is 2.87. The molecule has 1 amide bonds. The van der Waals surface area contributed by atoms with Crippen molar-refractivity contribution < 1.29 is 9.53 Å². The van der Waals surface area contributed by atoms with Crippen LogP contribution >= 0.6 is 12.4 Å². The zero-order valence-electron chi connectivity index (χ0n) is 12.3. The number of hydrogen-bond acceptors (Lipinski definition) is 4. The lowest BCUT2D eigenvalue weighted by molar-refractivity contribution is -0.127. The van der Waals surface area contributed by atoms with Gasteiger partial charge in [0.25, 0.3) is 0 Å². The Bertz CT molecular complexity index is 256. The van der Waals surface area contributed by atoms with Gasteiger partial charge < -0.3 is 20.3 Å².